The number of unbranched alkanes of at least 4 members (excludes halogenated alkanes) is 2. The van der Waals surface area contributed by atoms with Crippen LogP contribution >= 0.6 is 0 Å². The number of benzene rings is 7. The van der Waals surface area contributed by atoms with Crippen LogP contribution in [0.1, 0.15) is 81.5 Å². The molecule has 0 saturated heterocycles. The molecule has 0 saturated carbocycles. The van der Waals surface area contributed by atoms with Crippen LogP contribution in [-0.2, 0) is 19.4 Å². The molecule has 0 N–H and O–H groups in total. The number of aryl methyl sites for hydroxylation is 2. The Morgan fingerprint density at radius 1 is 0.554 bits per heavy atom. The van der Waals surface area contributed by atoms with E-state index in [9.17, 15) is 0 Å². The third-order valence-electron chi connectivity index (χ3n) is 15.0. The number of hydrogen-bond donors (Lipinski definition) is 0. The van der Waals surface area contributed by atoms with E-state index in [-0.39, 0.29) is 5.75 Å². The van der Waals surface area contributed by atoms with Crippen LogP contribution in [0.4, 0.5) is 57.1 Å². The fourth-order valence-electron chi connectivity index (χ4n) is 11.4. The Bertz CT molecular complexity index is 3360. The highest BCUT2D eigenvalue weighted by Crippen LogP contribution is 2.46. The lowest BCUT2D eigenvalue weighted by Gasteiger charge is -2.40. The van der Waals surface area contributed by atoms with Gasteiger partial charge >= 0.3 is 14.1 Å². The molecule has 0 amide bonds. The van der Waals surface area contributed by atoms with Gasteiger partial charge in [0.25, 0.3) is 0 Å². The fourth-order valence-corrected chi connectivity index (χ4v) is 11.4. The maximum absolute atomic E-state index is 15.6. The minimum atomic E-state index is -4.30. The van der Waals surface area contributed by atoms with Crippen LogP contribution in [0.5, 0.6) is 11.5 Å². The van der Waals surface area contributed by atoms with Gasteiger partial charge in [0.05, 0.1) is 22.6 Å². The van der Waals surface area contributed by atoms with Crippen molar-refractivity contribution in [3.05, 3.63) is 174 Å². The molecule has 5 heterocycles. The molecule has 12 rings (SSSR count). The molecule has 4 aliphatic rings. The van der Waals surface area contributed by atoms with Crippen molar-refractivity contribution in [3.8, 4) is 11.5 Å². The first kappa shape index (κ1) is 48.8. The molecule has 0 bridgehead atoms. The summed E-state index contributed by atoms with van der Waals surface area (Å²) < 4.78 is 77.4. The van der Waals surface area contributed by atoms with Crippen LogP contribution in [-0.4, -0.2) is 66.2 Å². The highest BCUT2D eigenvalue weighted by atomic mass is 19.3. The molecular weight excluding hydrogens is 934 g/mol. The van der Waals surface area contributed by atoms with E-state index in [4.69, 9.17) is 9.31 Å². The summed E-state index contributed by atoms with van der Waals surface area (Å²) in [7, 11) is -8.55. The maximum atomic E-state index is 15.6. The third kappa shape index (κ3) is 9.28. The molecule has 0 fully saturated rings. The topological polar surface area (TPSA) is 39.1 Å². The number of halogens is 4. The average Bonchev–Trinajstić information content (AvgIpc) is 3.75. The summed E-state index contributed by atoms with van der Waals surface area (Å²) in [5.41, 5.74) is 11.6. The van der Waals surface area contributed by atoms with E-state index in [1.165, 1.54) is 11.8 Å². The van der Waals surface area contributed by atoms with Gasteiger partial charge in [-0.05, 0) is 118 Å². The van der Waals surface area contributed by atoms with E-state index in [1.807, 2.05) is 109 Å². The lowest BCUT2D eigenvalue weighted by atomic mass is 9.87. The molecule has 0 aliphatic carbocycles. The lowest BCUT2D eigenvalue weighted by molar-refractivity contribution is -0.344. The Hall–Kier alpha value is -7.47. The largest absolute Gasteiger partial charge is 0.834 e. The van der Waals surface area contributed by atoms with Gasteiger partial charge in [0, 0.05) is 119 Å². The molecule has 0 radical (unpaired) electrons. The zero-order valence-corrected chi connectivity index (χ0v) is 42.4. The zero-order chi connectivity index (χ0) is 51.0. The number of rotatable bonds is 13. The number of fused-ring (bicyclic) bond motifs is 6. The predicted octanol–water partition coefficient (Wildman–Crippen LogP) is 15.1. The fraction of sp³-hybridized carbons (Fsp3) is 0.267. The molecule has 8 aromatic rings. The Balaban J connectivity index is 0.000000161. The average molecular weight is 997 g/mol. The second-order valence-corrected chi connectivity index (χ2v) is 19.8. The molecule has 0 atom stereocenters. The van der Waals surface area contributed by atoms with Crippen LogP contribution < -0.4 is 24.0 Å². The molecular formula is C60H62B2F4N6O2. The lowest BCUT2D eigenvalue weighted by Crippen LogP contribution is -2.47. The van der Waals surface area contributed by atoms with Gasteiger partial charge < -0.3 is 54.8 Å². The predicted molar refractivity (Wildman–Crippen MR) is 297 cm³/mol. The van der Waals surface area contributed by atoms with Crippen molar-refractivity contribution in [2.75, 3.05) is 40.9 Å². The first-order chi connectivity index (χ1) is 36.0. The van der Waals surface area contributed by atoms with Gasteiger partial charge in [-0.3, -0.25) is 0 Å². The number of nitrogens with zero attached hydrogens (tertiary/aromatic N) is 6. The van der Waals surface area contributed by atoms with Crippen LogP contribution in [0.2, 0.25) is 0 Å². The standard InChI is InChI=1S/C33H36BF2N3O.C27H26BF2N3O/c1-3-5-23-37(24-6-4-2)32-18-17-27-26-38(34(35,36)40-33(27)25-32)28-19-21-31(22-20-28)39(29-13-9-7-10-14-29)30-15-11-8-12-16-30;1-2-32-24-10-4-3-8-21(24)23-16-20(11-12-25(23)32)33-17-19-15-18-7-5-13-31-14-6-9-22(26(18)31)27(19)34-28(33,29)30/h7-22,25-26H,3-6,23-24H2,1-2H3;3-4,8,10-12,15-17H,2,5-7,9,13-14H2,1H3. The Morgan fingerprint density at radius 2 is 1.14 bits per heavy atom. The molecule has 4 aliphatic heterocycles. The number of anilines is 5. The van der Waals surface area contributed by atoms with Gasteiger partial charge in [-0.25, -0.2) is 0 Å². The zero-order valence-electron chi connectivity index (χ0n) is 42.4. The van der Waals surface area contributed by atoms with Crippen molar-refractivity contribution in [1.29, 1.82) is 0 Å². The van der Waals surface area contributed by atoms with Crippen molar-refractivity contribution < 1.29 is 35.5 Å². The highest BCUT2D eigenvalue weighted by Gasteiger charge is 2.52. The Kier molecular flexibility index (Phi) is 13.5. The van der Waals surface area contributed by atoms with Crippen LogP contribution in [0.15, 0.2) is 152 Å². The van der Waals surface area contributed by atoms with Crippen molar-refractivity contribution in [3.63, 3.8) is 0 Å². The number of aromatic nitrogens is 1. The smallest absolute Gasteiger partial charge is 0.599 e. The Morgan fingerprint density at radius 3 is 1.82 bits per heavy atom. The first-order valence-corrected chi connectivity index (χ1v) is 26.6. The summed E-state index contributed by atoms with van der Waals surface area (Å²) in [5.74, 6) is 0.614. The van der Waals surface area contributed by atoms with Crippen molar-refractivity contribution in [2.24, 2.45) is 0 Å². The van der Waals surface area contributed by atoms with E-state index in [0.29, 0.717) is 22.7 Å². The molecule has 74 heavy (non-hydrogen) atoms. The van der Waals surface area contributed by atoms with E-state index < -0.39 is 14.1 Å². The molecule has 0 unspecified atom stereocenters. The molecule has 378 valence electrons. The molecule has 7 aromatic carbocycles. The monoisotopic (exact) mass is 997 g/mol. The summed E-state index contributed by atoms with van der Waals surface area (Å²) >= 11 is 0. The van der Waals surface area contributed by atoms with Crippen molar-refractivity contribution in [2.45, 2.75) is 78.7 Å². The minimum Gasteiger partial charge on any atom is -0.599 e. The number of hydrogen-bond acceptors (Lipinski definition) is 5. The van der Waals surface area contributed by atoms with Crippen molar-refractivity contribution in [1.82, 2.24) is 4.57 Å². The van der Waals surface area contributed by atoms with Crippen LogP contribution in [0.3, 0.4) is 0 Å². The SMILES string of the molecule is CCCCN(CCCC)c1ccc2c(c1)O[B-](F)(F)[N+](c1ccc(N(c3ccccc3)c3ccccc3)cc1)=C2.CCn1c2ccccc2c2cc([N+]3=Cc4cc5c6c(c4O[B-]3(F)F)CCCN6CCC5)ccc21. The van der Waals surface area contributed by atoms with Gasteiger partial charge in [0.1, 0.15) is 12.4 Å². The quantitative estimate of drug-likeness (QED) is 0.0850. The van der Waals surface area contributed by atoms with E-state index in [1.54, 1.807) is 30.5 Å². The minimum absolute atomic E-state index is 0.229. The third-order valence-corrected chi connectivity index (χ3v) is 15.0. The molecule has 8 nitrogen and oxygen atoms in total. The summed E-state index contributed by atoms with van der Waals surface area (Å²) in [5, 5.41) is 2.06. The van der Waals surface area contributed by atoms with Crippen LogP contribution in [0.25, 0.3) is 21.8 Å². The van der Waals surface area contributed by atoms with Gasteiger partial charge in [0.2, 0.25) is 0 Å². The normalized spacial score (nSPS) is 15.9. The summed E-state index contributed by atoms with van der Waals surface area (Å²) in [6.07, 6.45) is 11.3. The molecule has 14 heteroatoms. The first-order valence-electron chi connectivity index (χ1n) is 26.6. The van der Waals surface area contributed by atoms with E-state index >= 15 is 17.3 Å². The van der Waals surface area contributed by atoms with Crippen molar-refractivity contribution >= 4 is 88.1 Å². The van der Waals surface area contributed by atoms with Gasteiger partial charge in [0.15, 0.2) is 11.4 Å². The summed E-state index contributed by atoms with van der Waals surface area (Å²) in [6, 6.07) is 48.7. The van der Waals surface area contributed by atoms with Gasteiger partial charge in [-0.15, -0.1) is 0 Å². The summed E-state index contributed by atoms with van der Waals surface area (Å²) in [6.45, 7) is 11.1. The molecule has 1 aromatic heterocycles. The van der Waals surface area contributed by atoms with E-state index in [0.717, 1.165) is 154 Å². The highest BCUT2D eigenvalue weighted by molar-refractivity contribution is 6.53. The number of para-hydroxylation sites is 3. The Labute approximate surface area is 431 Å². The van der Waals surface area contributed by atoms with Crippen LogP contribution in [0, 0.1) is 0 Å². The summed E-state index contributed by atoms with van der Waals surface area (Å²) in [4.78, 5) is 6.73. The van der Waals surface area contributed by atoms with E-state index in [2.05, 4.69) is 58.2 Å². The maximum Gasteiger partial charge on any atom is 0.834 e. The second-order valence-electron chi connectivity index (χ2n) is 19.8. The van der Waals surface area contributed by atoms with Gasteiger partial charge in [-0.2, -0.15) is 0 Å². The second kappa shape index (κ2) is 20.4. The molecule has 0 spiro atoms. The van der Waals surface area contributed by atoms with Gasteiger partial charge in [-0.1, -0.05) is 81.3 Å².